The lowest BCUT2D eigenvalue weighted by Gasteiger charge is -1.95. The topological polar surface area (TPSA) is 78.0 Å². The number of carboxylic acid groups (broad SMARTS) is 1. The predicted molar refractivity (Wildman–Crippen MR) is 34.7 cm³/mol. The Morgan fingerprint density at radius 1 is 1.90 bits per heavy atom. The van der Waals surface area contributed by atoms with Crippen LogP contribution >= 0.6 is 0 Å². The molecule has 1 aromatic heterocycles. The van der Waals surface area contributed by atoms with Gasteiger partial charge in [-0.1, -0.05) is 0 Å². The predicted octanol–water partition coefficient (Wildman–Crippen LogP) is -0.0938. The summed E-state index contributed by atoms with van der Waals surface area (Å²) in [5.41, 5.74) is 0. The van der Waals surface area contributed by atoms with Gasteiger partial charge in [-0.15, -0.1) is 0 Å². The lowest BCUT2D eigenvalue weighted by atomic mass is 10.6. The molecule has 0 saturated heterocycles. The van der Waals surface area contributed by atoms with E-state index in [4.69, 9.17) is 5.11 Å². The highest BCUT2D eigenvalue weighted by Gasteiger charge is 1.95. The highest BCUT2D eigenvalue weighted by molar-refractivity contribution is 5.72. The molecule has 5 nitrogen and oxygen atoms in total. The fourth-order valence-corrected chi connectivity index (χ4v) is 0.523. The molecule has 0 aromatic carbocycles. The minimum absolute atomic E-state index is 0.0950. The number of hydrogen-bond acceptors (Lipinski definition) is 3. The summed E-state index contributed by atoms with van der Waals surface area (Å²) in [4.78, 5) is 16.4. The maximum Gasteiger partial charge on any atom is 0.322 e. The number of anilines is 1. The summed E-state index contributed by atoms with van der Waals surface area (Å²) in [6, 6.07) is 0. The van der Waals surface area contributed by atoms with E-state index in [-0.39, 0.29) is 6.54 Å². The van der Waals surface area contributed by atoms with Gasteiger partial charge < -0.3 is 15.4 Å². The minimum Gasteiger partial charge on any atom is -0.480 e. The molecular formula is C5H7N3O2. The first-order chi connectivity index (χ1) is 4.79. The maximum absolute atomic E-state index is 10.00. The average molecular weight is 141 g/mol. The number of carboxylic acids is 1. The summed E-state index contributed by atoms with van der Waals surface area (Å²) in [6.45, 7) is -0.0950. The first kappa shape index (κ1) is 6.60. The third-order valence-corrected chi connectivity index (χ3v) is 0.928. The molecule has 3 N–H and O–H groups in total. The van der Waals surface area contributed by atoms with Crippen LogP contribution in [0.25, 0.3) is 0 Å². The van der Waals surface area contributed by atoms with Crippen LogP contribution in [0.2, 0.25) is 0 Å². The van der Waals surface area contributed by atoms with Gasteiger partial charge in [0, 0.05) is 0 Å². The SMILES string of the molecule is O=C(O)CNc1cnc[nH]1. The van der Waals surface area contributed by atoms with E-state index in [0.717, 1.165) is 0 Å². The lowest BCUT2D eigenvalue weighted by Crippen LogP contribution is -2.12. The molecular weight excluding hydrogens is 134 g/mol. The summed E-state index contributed by atoms with van der Waals surface area (Å²) in [7, 11) is 0. The van der Waals surface area contributed by atoms with Gasteiger partial charge in [-0.3, -0.25) is 4.79 Å². The molecule has 0 aliphatic heterocycles. The van der Waals surface area contributed by atoms with Gasteiger partial charge in [-0.05, 0) is 0 Å². The van der Waals surface area contributed by atoms with Crippen LogP contribution in [-0.4, -0.2) is 27.6 Å². The molecule has 0 radical (unpaired) electrons. The second-order valence-electron chi connectivity index (χ2n) is 1.71. The van der Waals surface area contributed by atoms with Crippen molar-refractivity contribution in [2.45, 2.75) is 0 Å². The molecule has 0 atom stereocenters. The molecule has 0 bridgehead atoms. The van der Waals surface area contributed by atoms with Crippen molar-refractivity contribution in [1.82, 2.24) is 9.97 Å². The second kappa shape index (κ2) is 2.86. The monoisotopic (exact) mass is 141 g/mol. The van der Waals surface area contributed by atoms with Gasteiger partial charge in [-0.2, -0.15) is 0 Å². The van der Waals surface area contributed by atoms with E-state index < -0.39 is 5.97 Å². The van der Waals surface area contributed by atoms with Crippen LogP contribution in [0.1, 0.15) is 0 Å². The first-order valence-corrected chi connectivity index (χ1v) is 2.73. The summed E-state index contributed by atoms with van der Waals surface area (Å²) in [6.07, 6.45) is 2.99. The van der Waals surface area contributed by atoms with Crippen molar-refractivity contribution < 1.29 is 9.90 Å². The zero-order valence-electron chi connectivity index (χ0n) is 5.16. The molecule has 5 heteroatoms. The van der Waals surface area contributed by atoms with Crippen molar-refractivity contribution in [3.63, 3.8) is 0 Å². The van der Waals surface area contributed by atoms with Gasteiger partial charge in [0.25, 0.3) is 0 Å². The second-order valence-corrected chi connectivity index (χ2v) is 1.71. The average Bonchev–Trinajstić information content (AvgIpc) is 2.34. The first-order valence-electron chi connectivity index (χ1n) is 2.73. The van der Waals surface area contributed by atoms with Crippen molar-refractivity contribution in [2.75, 3.05) is 11.9 Å². The van der Waals surface area contributed by atoms with Gasteiger partial charge in [-0.25, -0.2) is 4.98 Å². The number of aliphatic carboxylic acids is 1. The number of aromatic nitrogens is 2. The highest BCUT2D eigenvalue weighted by atomic mass is 16.4. The van der Waals surface area contributed by atoms with Crippen LogP contribution in [0, 0.1) is 0 Å². The molecule has 0 amide bonds. The van der Waals surface area contributed by atoms with E-state index >= 15 is 0 Å². The number of aromatic amines is 1. The smallest absolute Gasteiger partial charge is 0.322 e. The number of nitrogens with one attached hydrogen (secondary N) is 2. The largest absolute Gasteiger partial charge is 0.480 e. The Kier molecular flexibility index (Phi) is 1.89. The summed E-state index contributed by atoms with van der Waals surface area (Å²) in [5, 5.41) is 10.8. The summed E-state index contributed by atoms with van der Waals surface area (Å²) < 4.78 is 0. The molecule has 10 heavy (non-hydrogen) atoms. The fourth-order valence-electron chi connectivity index (χ4n) is 0.523. The maximum atomic E-state index is 10.00. The Balaban J connectivity index is 2.35. The Labute approximate surface area is 57.1 Å². The van der Waals surface area contributed by atoms with Crippen LogP contribution in [0.15, 0.2) is 12.5 Å². The lowest BCUT2D eigenvalue weighted by molar-refractivity contribution is -0.134. The number of rotatable bonds is 3. The van der Waals surface area contributed by atoms with Crippen LogP contribution < -0.4 is 5.32 Å². The molecule has 54 valence electrons. The number of nitrogens with zero attached hydrogens (tertiary/aromatic N) is 1. The van der Waals surface area contributed by atoms with Gasteiger partial charge in [0.05, 0.1) is 12.5 Å². The Hall–Kier alpha value is -1.52. The molecule has 0 aliphatic carbocycles. The standard InChI is InChI=1S/C5H7N3O2/c9-5(10)2-7-4-1-6-3-8-4/h1,3,7H,2H2,(H,6,8)(H,9,10). The minimum atomic E-state index is -0.894. The number of hydrogen-bond donors (Lipinski definition) is 3. The number of H-pyrrole nitrogens is 1. The zero-order chi connectivity index (χ0) is 7.40. The van der Waals surface area contributed by atoms with Crippen LogP contribution in [0.5, 0.6) is 0 Å². The third kappa shape index (κ3) is 1.77. The van der Waals surface area contributed by atoms with Crippen LogP contribution in [0.4, 0.5) is 5.82 Å². The van der Waals surface area contributed by atoms with Gasteiger partial charge in [0.1, 0.15) is 12.4 Å². The Morgan fingerprint density at radius 2 is 2.70 bits per heavy atom. The number of carbonyl (C=O) groups is 1. The van der Waals surface area contributed by atoms with E-state index in [1.807, 2.05) is 0 Å². The molecule has 1 heterocycles. The van der Waals surface area contributed by atoms with Crippen molar-refractivity contribution in [2.24, 2.45) is 0 Å². The molecule has 0 fully saturated rings. The quantitative estimate of drug-likeness (QED) is 0.549. The summed E-state index contributed by atoms with van der Waals surface area (Å²) >= 11 is 0. The molecule has 0 aliphatic rings. The molecule has 0 unspecified atom stereocenters. The highest BCUT2D eigenvalue weighted by Crippen LogP contribution is 1.95. The van der Waals surface area contributed by atoms with Gasteiger partial charge >= 0.3 is 5.97 Å². The van der Waals surface area contributed by atoms with Crippen molar-refractivity contribution in [1.29, 1.82) is 0 Å². The van der Waals surface area contributed by atoms with Crippen LogP contribution in [-0.2, 0) is 4.79 Å². The molecule has 1 aromatic rings. The fraction of sp³-hybridized carbons (Fsp3) is 0.200. The third-order valence-electron chi connectivity index (χ3n) is 0.928. The van der Waals surface area contributed by atoms with Crippen molar-refractivity contribution >= 4 is 11.8 Å². The Morgan fingerprint density at radius 3 is 3.20 bits per heavy atom. The zero-order valence-corrected chi connectivity index (χ0v) is 5.16. The van der Waals surface area contributed by atoms with Crippen molar-refractivity contribution in [3.05, 3.63) is 12.5 Å². The van der Waals surface area contributed by atoms with E-state index in [9.17, 15) is 4.79 Å². The summed E-state index contributed by atoms with van der Waals surface area (Å²) in [5.74, 6) is -0.281. The van der Waals surface area contributed by atoms with E-state index in [0.29, 0.717) is 5.82 Å². The van der Waals surface area contributed by atoms with E-state index in [2.05, 4.69) is 15.3 Å². The normalized spacial score (nSPS) is 9.20. The van der Waals surface area contributed by atoms with Gasteiger partial charge in [0.15, 0.2) is 0 Å². The number of imidazole rings is 1. The molecule has 1 rings (SSSR count). The molecule has 0 saturated carbocycles. The van der Waals surface area contributed by atoms with Crippen LogP contribution in [0.3, 0.4) is 0 Å². The molecule has 0 spiro atoms. The Bertz CT molecular complexity index is 207. The van der Waals surface area contributed by atoms with E-state index in [1.165, 1.54) is 12.5 Å². The van der Waals surface area contributed by atoms with E-state index in [1.54, 1.807) is 0 Å². The van der Waals surface area contributed by atoms with Gasteiger partial charge in [0.2, 0.25) is 0 Å². The van der Waals surface area contributed by atoms with Crippen molar-refractivity contribution in [3.8, 4) is 0 Å².